The number of rotatable bonds is 4. The number of nitrogens with zero attached hydrogens (tertiary/aromatic N) is 3. The Hall–Kier alpha value is -2.77. The van der Waals surface area contributed by atoms with Gasteiger partial charge < -0.3 is 15.0 Å². The number of hydrogen-bond acceptors (Lipinski definition) is 5. The third kappa shape index (κ3) is 4.20. The average molecular weight is 420 g/mol. The van der Waals surface area contributed by atoms with E-state index in [9.17, 15) is 4.79 Å². The summed E-state index contributed by atoms with van der Waals surface area (Å²) >= 11 is 0. The molecule has 2 aliphatic rings. The van der Waals surface area contributed by atoms with Crippen molar-refractivity contribution in [3.8, 4) is 0 Å². The van der Waals surface area contributed by atoms with Gasteiger partial charge in [-0.25, -0.2) is 4.98 Å². The number of nitrogens with one attached hydrogen (secondary N) is 2. The Labute approximate surface area is 182 Å². The molecule has 0 unspecified atom stereocenters. The summed E-state index contributed by atoms with van der Waals surface area (Å²) < 4.78 is 6.40. The van der Waals surface area contributed by atoms with Gasteiger partial charge >= 0.3 is 0 Å². The molecule has 2 N–H and O–H groups in total. The fraction of sp³-hybridized carbons (Fsp3) is 0.458. The van der Waals surface area contributed by atoms with E-state index in [0.29, 0.717) is 12.3 Å². The van der Waals surface area contributed by atoms with E-state index < -0.39 is 0 Å². The van der Waals surface area contributed by atoms with Crippen LogP contribution in [0.3, 0.4) is 0 Å². The molecule has 1 saturated carbocycles. The SMILES string of the molecule is Cc1cnc(C(=O)N[C@H]2CCCC[C@@]23CN(Cc2ccc4[nH]ccc4c2)CCO3)cn1. The van der Waals surface area contributed by atoms with E-state index in [1.165, 1.54) is 10.9 Å². The molecular formula is C24H29N5O2. The molecule has 1 spiro atoms. The third-order valence-corrected chi connectivity index (χ3v) is 6.61. The number of H-pyrrole nitrogens is 1. The number of aromatic nitrogens is 3. The third-order valence-electron chi connectivity index (χ3n) is 6.61. The van der Waals surface area contributed by atoms with Crippen molar-refractivity contribution in [2.75, 3.05) is 19.7 Å². The lowest BCUT2D eigenvalue weighted by Gasteiger charge is -2.49. The molecule has 0 bridgehead atoms. The lowest BCUT2D eigenvalue weighted by molar-refractivity contribution is -0.143. The number of amides is 1. The molecule has 1 saturated heterocycles. The number of ether oxygens (including phenoxy) is 1. The van der Waals surface area contributed by atoms with E-state index in [4.69, 9.17) is 4.74 Å². The highest BCUT2D eigenvalue weighted by Crippen LogP contribution is 2.35. The topological polar surface area (TPSA) is 83.1 Å². The van der Waals surface area contributed by atoms with Crippen LogP contribution in [-0.2, 0) is 11.3 Å². The fourth-order valence-electron chi connectivity index (χ4n) is 4.99. The molecule has 3 heterocycles. The predicted molar refractivity (Wildman–Crippen MR) is 119 cm³/mol. The normalized spacial score (nSPS) is 24.5. The summed E-state index contributed by atoms with van der Waals surface area (Å²) in [7, 11) is 0. The second-order valence-electron chi connectivity index (χ2n) is 8.84. The standard InChI is InChI=1S/C24H29N5O2/c1-17-13-27-21(14-26-17)23(30)28-22-4-2-3-8-24(22)16-29(10-11-31-24)15-18-5-6-20-19(12-18)7-9-25-20/h5-7,9,12-14,22,25H,2-4,8,10-11,15-16H2,1H3,(H,28,30)/t22-,24+/m0/s1. The number of benzene rings is 1. The molecule has 0 radical (unpaired) electrons. The molecule has 5 rings (SSSR count). The highest BCUT2D eigenvalue weighted by Gasteiger charge is 2.46. The number of aromatic amines is 1. The van der Waals surface area contributed by atoms with Crippen molar-refractivity contribution < 1.29 is 9.53 Å². The Morgan fingerprint density at radius 1 is 1.29 bits per heavy atom. The lowest BCUT2D eigenvalue weighted by atomic mass is 9.78. The molecule has 31 heavy (non-hydrogen) atoms. The van der Waals surface area contributed by atoms with Crippen LogP contribution in [0, 0.1) is 6.92 Å². The minimum atomic E-state index is -0.345. The molecule has 7 nitrogen and oxygen atoms in total. The first kappa shape index (κ1) is 20.2. The van der Waals surface area contributed by atoms with Gasteiger partial charge in [0.25, 0.3) is 5.91 Å². The van der Waals surface area contributed by atoms with Crippen LogP contribution in [0.2, 0.25) is 0 Å². The first-order valence-electron chi connectivity index (χ1n) is 11.1. The van der Waals surface area contributed by atoms with Gasteiger partial charge in [0.15, 0.2) is 0 Å². The molecule has 2 atom stereocenters. The number of carbonyl (C=O) groups is 1. The van der Waals surface area contributed by atoms with Crippen molar-refractivity contribution in [1.82, 2.24) is 25.2 Å². The van der Waals surface area contributed by atoms with Crippen LogP contribution in [0.25, 0.3) is 10.9 Å². The highest BCUT2D eigenvalue weighted by atomic mass is 16.5. The van der Waals surface area contributed by atoms with E-state index in [1.54, 1.807) is 12.4 Å². The summed E-state index contributed by atoms with van der Waals surface area (Å²) in [6.07, 6.45) is 9.27. The van der Waals surface area contributed by atoms with Gasteiger partial charge in [0, 0.05) is 37.5 Å². The van der Waals surface area contributed by atoms with Gasteiger partial charge in [0.1, 0.15) is 11.3 Å². The van der Waals surface area contributed by atoms with Gasteiger partial charge in [-0.05, 0) is 48.9 Å². The van der Waals surface area contributed by atoms with Gasteiger partial charge in [-0.15, -0.1) is 0 Å². The lowest BCUT2D eigenvalue weighted by Crippen LogP contribution is -2.64. The Morgan fingerprint density at radius 3 is 3.10 bits per heavy atom. The van der Waals surface area contributed by atoms with Crippen LogP contribution in [-0.4, -0.2) is 57.1 Å². The highest BCUT2D eigenvalue weighted by molar-refractivity contribution is 5.92. The van der Waals surface area contributed by atoms with Gasteiger partial charge in [0.2, 0.25) is 0 Å². The van der Waals surface area contributed by atoms with E-state index >= 15 is 0 Å². The summed E-state index contributed by atoms with van der Waals surface area (Å²) in [5.41, 5.74) is 3.28. The molecule has 7 heteroatoms. The van der Waals surface area contributed by atoms with Crippen molar-refractivity contribution in [2.45, 2.75) is 50.8 Å². The van der Waals surface area contributed by atoms with Crippen LogP contribution in [0.5, 0.6) is 0 Å². The molecule has 1 aromatic carbocycles. The predicted octanol–water partition coefficient (Wildman–Crippen LogP) is 3.21. The van der Waals surface area contributed by atoms with E-state index in [2.05, 4.69) is 49.4 Å². The van der Waals surface area contributed by atoms with Crippen molar-refractivity contribution in [2.24, 2.45) is 0 Å². The summed E-state index contributed by atoms with van der Waals surface area (Å²) in [6.45, 7) is 5.15. The summed E-state index contributed by atoms with van der Waals surface area (Å²) in [5, 5.41) is 4.46. The van der Waals surface area contributed by atoms with Crippen molar-refractivity contribution >= 4 is 16.8 Å². The number of carbonyl (C=O) groups excluding carboxylic acids is 1. The van der Waals surface area contributed by atoms with Crippen molar-refractivity contribution in [1.29, 1.82) is 0 Å². The van der Waals surface area contributed by atoms with Crippen LogP contribution in [0.15, 0.2) is 42.9 Å². The summed E-state index contributed by atoms with van der Waals surface area (Å²) in [4.78, 5) is 27.0. The maximum absolute atomic E-state index is 12.8. The van der Waals surface area contributed by atoms with Crippen LogP contribution >= 0.6 is 0 Å². The largest absolute Gasteiger partial charge is 0.370 e. The van der Waals surface area contributed by atoms with Gasteiger partial charge in [-0.1, -0.05) is 18.9 Å². The summed E-state index contributed by atoms with van der Waals surface area (Å²) in [5.74, 6) is -0.169. The zero-order valence-corrected chi connectivity index (χ0v) is 17.9. The van der Waals surface area contributed by atoms with Crippen molar-refractivity contribution in [3.63, 3.8) is 0 Å². The number of morpholine rings is 1. The minimum absolute atomic E-state index is 0.0215. The monoisotopic (exact) mass is 419 g/mol. The average Bonchev–Trinajstić information content (AvgIpc) is 3.24. The maximum Gasteiger partial charge on any atom is 0.271 e. The molecule has 2 fully saturated rings. The molecule has 1 amide bonds. The smallest absolute Gasteiger partial charge is 0.271 e. The number of aryl methyl sites for hydroxylation is 1. The molecular weight excluding hydrogens is 390 g/mol. The molecule has 3 aromatic rings. The number of hydrogen-bond donors (Lipinski definition) is 2. The van der Waals surface area contributed by atoms with Crippen molar-refractivity contribution in [3.05, 3.63) is 59.8 Å². The van der Waals surface area contributed by atoms with Gasteiger partial charge in [-0.2, -0.15) is 0 Å². The Morgan fingerprint density at radius 2 is 2.23 bits per heavy atom. The van der Waals surface area contributed by atoms with Gasteiger partial charge in [-0.3, -0.25) is 14.7 Å². The van der Waals surface area contributed by atoms with E-state index in [1.807, 2.05) is 13.1 Å². The zero-order valence-electron chi connectivity index (χ0n) is 17.9. The van der Waals surface area contributed by atoms with E-state index in [0.717, 1.165) is 56.5 Å². The molecule has 1 aliphatic heterocycles. The second-order valence-corrected chi connectivity index (χ2v) is 8.84. The quantitative estimate of drug-likeness (QED) is 0.679. The first-order chi connectivity index (χ1) is 15.1. The Bertz CT molecular complexity index is 1060. The van der Waals surface area contributed by atoms with Gasteiger partial charge in [0.05, 0.1) is 24.5 Å². The van der Waals surface area contributed by atoms with Crippen LogP contribution < -0.4 is 5.32 Å². The first-order valence-corrected chi connectivity index (χ1v) is 11.1. The Kier molecular flexibility index (Phi) is 5.46. The minimum Gasteiger partial charge on any atom is -0.370 e. The molecule has 1 aliphatic carbocycles. The molecule has 2 aromatic heterocycles. The molecule has 162 valence electrons. The van der Waals surface area contributed by atoms with E-state index in [-0.39, 0.29) is 17.6 Å². The number of fused-ring (bicyclic) bond motifs is 1. The Balaban J connectivity index is 1.31. The second kappa shape index (κ2) is 8.40. The summed E-state index contributed by atoms with van der Waals surface area (Å²) in [6, 6.07) is 8.68. The maximum atomic E-state index is 12.8. The zero-order chi connectivity index (χ0) is 21.3. The van der Waals surface area contributed by atoms with Crippen LogP contribution in [0.1, 0.15) is 47.4 Å². The fourth-order valence-corrected chi connectivity index (χ4v) is 4.99. The van der Waals surface area contributed by atoms with Crippen LogP contribution in [0.4, 0.5) is 0 Å².